The molecule has 0 radical (unpaired) electrons. The molecular formula is C15H19N3S. The molecule has 0 saturated heterocycles. The normalized spacial score (nSPS) is 18.3. The predicted octanol–water partition coefficient (Wildman–Crippen LogP) is 2.92. The summed E-state index contributed by atoms with van der Waals surface area (Å²) in [5.41, 5.74) is 3.00. The number of aromatic nitrogens is 2. The zero-order chi connectivity index (χ0) is 13.1. The average Bonchev–Trinajstić information content (AvgIpc) is 2.93. The Morgan fingerprint density at radius 3 is 2.95 bits per heavy atom. The molecule has 0 aliphatic heterocycles. The van der Waals surface area contributed by atoms with Crippen LogP contribution >= 0.6 is 11.3 Å². The van der Waals surface area contributed by atoms with Crippen LogP contribution in [0.5, 0.6) is 0 Å². The van der Waals surface area contributed by atoms with Crippen molar-refractivity contribution in [2.24, 2.45) is 0 Å². The second kappa shape index (κ2) is 5.80. The summed E-state index contributed by atoms with van der Waals surface area (Å²) in [7, 11) is 0. The van der Waals surface area contributed by atoms with E-state index in [9.17, 15) is 0 Å². The number of fused-ring (bicyclic) bond motifs is 1. The Hall–Kier alpha value is -1.26. The molecule has 19 heavy (non-hydrogen) atoms. The number of hydrogen-bond acceptors (Lipinski definition) is 4. The molecule has 1 unspecified atom stereocenters. The number of nitrogens with zero attached hydrogens (tertiary/aromatic N) is 2. The van der Waals surface area contributed by atoms with Gasteiger partial charge in [0.15, 0.2) is 0 Å². The molecule has 1 heterocycles. The first-order valence-corrected chi connectivity index (χ1v) is 7.78. The summed E-state index contributed by atoms with van der Waals surface area (Å²) in [6.07, 6.45) is 3.49. The maximum Gasteiger partial charge on any atom is 0.131 e. The molecule has 1 aliphatic rings. The molecule has 1 atom stereocenters. The van der Waals surface area contributed by atoms with E-state index in [-0.39, 0.29) is 0 Å². The van der Waals surface area contributed by atoms with Crippen LogP contribution in [-0.4, -0.2) is 16.7 Å². The minimum Gasteiger partial charge on any atom is -0.311 e. The summed E-state index contributed by atoms with van der Waals surface area (Å²) < 4.78 is 0. The maximum absolute atomic E-state index is 4.39. The van der Waals surface area contributed by atoms with Gasteiger partial charge in [-0.1, -0.05) is 42.5 Å². The van der Waals surface area contributed by atoms with Gasteiger partial charge in [-0.25, -0.2) is 0 Å². The van der Waals surface area contributed by atoms with E-state index in [1.165, 1.54) is 29.0 Å². The number of hydrogen-bond donors (Lipinski definition) is 1. The third-order valence-corrected chi connectivity index (χ3v) is 4.79. The van der Waals surface area contributed by atoms with Crippen molar-refractivity contribution in [2.75, 3.05) is 6.54 Å². The first-order chi connectivity index (χ1) is 9.36. The summed E-state index contributed by atoms with van der Waals surface area (Å²) in [5, 5.41) is 14.3. The van der Waals surface area contributed by atoms with Gasteiger partial charge in [-0.05, 0) is 36.9 Å². The Labute approximate surface area is 118 Å². The van der Waals surface area contributed by atoms with Crippen molar-refractivity contribution in [3.8, 4) is 0 Å². The lowest BCUT2D eigenvalue weighted by atomic mass is 9.84. The van der Waals surface area contributed by atoms with Crippen LogP contribution in [0.3, 0.4) is 0 Å². The van der Waals surface area contributed by atoms with Crippen LogP contribution in [0.2, 0.25) is 0 Å². The van der Waals surface area contributed by atoms with Gasteiger partial charge in [0.05, 0.1) is 0 Å². The van der Waals surface area contributed by atoms with Gasteiger partial charge in [-0.3, -0.25) is 0 Å². The second-order valence-corrected chi connectivity index (χ2v) is 6.12. The van der Waals surface area contributed by atoms with Gasteiger partial charge in [0.1, 0.15) is 10.0 Å². The lowest BCUT2D eigenvalue weighted by Gasteiger charge is -2.22. The Morgan fingerprint density at radius 1 is 1.26 bits per heavy atom. The summed E-state index contributed by atoms with van der Waals surface area (Å²) >= 11 is 1.77. The van der Waals surface area contributed by atoms with Gasteiger partial charge in [0.2, 0.25) is 0 Å². The van der Waals surface area contributed by atoms with Crippen LogP contribution in [0.25, 0.3) is 0 Å². The lowest BCUT2D eigenvalue weighted by Crippen LogP contribution is -2.12. The molecule has 1 aromatic heterocycles. The van der Waals surface area contributed by atoms with Crippen molar-refractivity contribution in [1.29, 1.82) is 0 Å². The number of rotatable bonds is 4. The first kappa shape index (κ1) is 12.8. The SMILES string of the molecule is CCNCc1nnc(C2CCc3ccccc3C2)s1. The highest BCUT2D eigenvalue weighted by Gasteiger charge is 2.22. The molecule has 1 aromatic carbocycles. The van der Waals surface area contributed by atoms with Gasteiger partial charge in [0, 0.05) is 12.5 Å². The quantitative estimate of drug-likeness (QED) is 0.930. The van der Waals surface area contributed by atoms with Crippen LogP contribution in [0, 0.1) is 0 Å². The largest absolute Gasteiger partial charge is 0.311 e. The van der Waals surface area contributed by atoms with Crippen LogP contribution in [0.4, 0.5) is 0 Å². The first-order valence-electron chi connectivity index (χ1n) is 6.96. The van der Waals surface area contributed by atoms with Crippen LogP contribution < -0.4 is 5.32 Å². The fourth-order valence-electron chi connectivity index (χ4n) is 2.64. The lowest BCUT2D eigenvalue weighted by molar-refractivity contribution is 0.576. The third-order valence-electron chi connectivity index (χ3n) is 3.70. The van der Waals surface area contributed by atoms with E-state index >= 15 is 0 Å². The summed E-state index contributed by atoms with van der Waals surface area (Å²) in [6, 6.07) is 8.78. The Balaban J connectivity index is 1.72. The van der Waals surface area contributed by atoms with E-state index in [2.05, 4.69) is 46.7 Å². The van der Waals surface area contributed by atoms with Crippen molar-refractivity contribution in [3.05, 3.63) is 45.4 Å². The third kappa shape index (κ3) is 2.85. The average molecular weight is 273 g/mol. The van der Waals surface area contributed by atoms with Crippen LogP contribution in [-0.2, 0) is 19.4 Å². The predicted molar refractivity (Wildman–Crippen MR) is 78.5 cm³/mol. The van der Waals surface area contributed by atoms with Crippen molar-refractivity contribution in [1.82, 2.24) is 15.5 Å². The minimum atomic E-state index is 0.558. The zero-order valence-corrected chi connectivity index (χ0v) is 12.0. The van der Waals surface area contributed by atoms with Gasteiger partial charge < -0.3 is 5.32 Å². The minimum absolute atomic E-state index is 0.558. The monoisotopic (exact) mass is 273 g/mol. The molecule has 1 aliphatic carbocycles. The van der Waals surface area contributed by atoms with E-state index in [0.29, 0.717) is 5.92 Å². The van der Waals surface area contributed by atoms with E-state index in [4.69, 9.17) is 0 Å². The molecular weight excluding hydrogens is 254 g/mol. The zero-order valence-electron chi connectivity index (χ0n) is 11.2. The van der Waals surface area contributed by atoms with Gasteiger partial charge in [0.25, 0.3) is 0 Å². The van der Waals surface area contributed by atoms with Gasteiger partial charge in [-0.2, -0.15) is 0 Å². The van der Waals surface area contributed by atoms with Crippen molar-refractivity contribution in [2.45, 2.75) is 38.6 Å². The van der Waals surface area contributed by atoms with Crippen molar-refractivity contribution < 1.29 is 0 Å². The second-order valence-electron chi connectivity index (χ2n) is 5.02. The van der Waals surface area contributed by atoms with Crippen molar-refractivity contribution >= 4 is 11.3 Å². The highest BCUT2D eigenvalue weighted by molar-refractivity contribution is 7.11. The number of benzene rings is 1. The molecule has 0 fully saturated rings. The fraction of sp³-hybridized carbons (Fsp3) is 0.467. The van der Waals surface area contributed by atoms with Crippen LogP contribution in [0.1, 0.15) is 40.4 Å². The molecule has 0 bridgehead atoms. The summed E-state index contributed by atoms with van der Waals surface area (Å²) in [4.78, 5) is 0. The molecule has 3 rings (SSSR count). The Morgan fingerprint density at radius 2 is 2.11 bits per heavy atom. The smallest absolute Gasteiger partial charge is 0.131 e. The fourth-order valence-corrected chi connectivity index (χ4v) is 3.59. The van der Waals surface area contributed by atoms with E-state index in [1.54, 1.807) is 11.3 Å². The molecule has 100 valence electrons. The molecule has 0 amide bonds. The highest BCUT2D eigenvalue weighted by Crippen LogP contribution is 2.33. The molecule has 1 N–H and O–H groups in total. The van der Waals surface area contributed by atoms with Crippen molar-refractivity contribution in [3.63, 3.8) is 0 Å². The highest BCUT2D eigenvalue weighted by atomic mass is 32.1. The van der Waals surface area contributed by atoms with Gasteiger partial charge >= 0.3 is 0 Å². The standard InChI is InChI=1S/C15H19N3S/c1-2-16-10-14-17-18-15(19-14)13-8-7-11-5-3-4-6-12(11)9-13/h3-6,13,16H,2,7-10H2,1H3. The van der Waals surface area contributed by atoms with E-state index in [1.807, 2.05) is 0 Å². The van der Waals surface area contributed by atoms with E-state index in [0.717, 1.165) is 24.5 Å². The van der Waals surface area contributed by atoms with Gasteiger partial charge in [-0.15, -0.1) is 10.2 Å². The maximum atomic E-state index is 4.39. The molecule has 2 aromatic rings. The Bertz CT molecular complexity index is 550. The molecule has 4 heteroatoms. The number of nitrogens with one attached hydrogen (secondary N) is 1. The molecule has 0 spiro atoms. The van der Waals surface area contributed by atoms with Crippen LogP contribution in [0.15, 0.2) is 24.3 Å². The van der Waals surface area contributed by atoms with E-state index < -0.39 is 0 Å². The topological polar surface area (TPSA) is 37.8 Å². The molecule has 0 saturated carbocycles. The Kier molecular flexibility index (Phi) is 3.89. The summed E-state index contributed by atoms with van der Waals surface area (Å²) in [6.45, 7) is 3.93. The molecule has 3 nitrogen and oxygen atoms in total. The number of aryl methyl sites for hydroxylation is 1. The summed E-state index contributed by atoms with van der Waals surface area (Å²) in [5.74, 6) is 0.558.